The van der Waals surface area contributed by atoms with Crippen LogP contribution in [-0.4, -0.2) is 21.1 Å². The fourth-order valence-electron chi connectivity index (χ4n) is 1.29. The number of hydrazine groups is 1. The summed E-state index contributed by atoms with van der Waals surface area (Å²) in [6.45, 7) is 1.43. The molecule has 118 valence electrons. The number of ether oxygens (including phenoxy) is 1. The summed E-state index contributed by atoms with van der Waals surface area (Å²) in [7, 11) is -4.64. The minimum atomic E-state index is -4.93. The summed E-state index contributed by atoms with van der Waals surface area (Å²) in [5.74, 6) is 0. The standard InChI is InChI=1S/C10H10ClF3N2O4S/c1-2-20-9(17)15-16-21(18,19)8-4-3-6(11)5-7(8)10(12,13)14/h3-5,16H,2H2,1H3,(H,15,17). The van der Waals surface area contributed by atoms with Gasteiger partial charge in [-0.2, -0.15) is 13.2 Å². The van der Waals surface area contributed by atoms with Crippen molar-refractivity contribution >= 4 is 27.7 Å². The molecule has 1 amide bonds. The van der Waals surface area contributed by atoms with E-state index >= 15 is 0 Å². The van der Waals surface area contributed by atoms with E-state index in [0.717, 1.165) is 6.07 Å². The molecule has 1 aromatic rings. The molecule has 0 saturated carbocycles. The number of sulfonamides is 1. The van der Waals surface area contributed by atoms with Gasteiger partial charge in [0.15, 0.2) is 0 Å². The highest BCUT2D eigenvalue weighted by Crippen LogP contribution is 2.35. The number of hydrogen-bond acceptors (Lipinski definition) is 4. The number of carbonyl (C=O) groups is 1. The minimum absolute atomic E-state index is 0.0394. The molecule has 0 radical (unpaired) electrons. The lowest BCUT2D eigenvalue weighted by Gasteiger charge is -2.14. The van der Waals surface area contributed by atoms with Gasteiger partial charge < -0.3 is 4.74 Å². The number of benzene rings is 1. The Morgan fingerprint density at radius 3 is 2.52 bits per heavy atom. The fourth-order valence-corrected chi connectivity index (χ4v) is 2.50. The summed E-state index contributed by atoms with van der Waals surface area (Å²) >= 11 is 5.44. The number of carbonyl (C=O) groups excluding carboxylic acids is 1. The Bertz CT molecular complexity index is 634. The second-order valence-corrected chi connectivity index (χ2v) is 5.68. The van der Waals surface area contributed by atoms with Crippen molar-refractivity contribution in [1.29, 1.82) is 0 Å². The van der Waals surface area contributed by atoms with E-state index in [1.165, 1.54) is 11.8 Å². The summed E-state index contributed by atoms with van der Waals surface area (Å²) in [5.41, 5.74) is 0.165. The van der Waals surface area contributed by atoms with Gasteiger partial charge in [0.25, 0.3) is 10.0 Å². The Kier molecular flexibility index (Phi) is 5.42. The molecular formula is C10H10ClF3N2O4S. The van der Waals surface area contributed by atoms with Gasteiger partial charge in [-0.1, -0.05) is 11.6 Å². The van der Waals surface area contributed by atoms with Crippen molar-refractivity contribution in [2.24, 2.45) is 0 Å². The van der Waals surface area contributed by atoms with Gasteiger partial charge >= 0.3 is 12.3 Å². The average Bonchev–Trinajstić information content (AvgIpc) is 2.35. The molecule has 0 aromatic heterocycles. The zero-order valence-electron chi connectivity index (χ0n) is 10.5. The van der Waals surface area contributed by atoms with E-state index in [1.807, 2.05) is 0 Å². The summed E-state index contributed by atoms with van der Waals surface area (Å²) < 4.78 is 66.4. The van der Waals surface area contributed by atoms with Crippen molar-refractivity contribution in [2.45, 2.75) is 18.0 Å². The second kappa shape index (κ2) is 6.50. The third-order valence-electron chi connectivity index (χ3n) is 2.10. The Morgan fingerprint density at radius 2 is 2.00 bits per heavy atom. The maximum atomic E-state index is 12.8. The zero-order valence-corrected chi connectivity index (χ0v) is 12.1. The maximum absolute atomic E-state index is 12.8. The third-order valence-corrected chi connectivity index (χ3v) is 3.64. The molecular weight excluding hydrogens is 337 g/mol. The van der Waals surface area contributed by atoms with Crippen LogP contribution >= 0.6 is 11.6 Å². The van der Waals surface area contributed by atoms with Crippen molar-refractivity contribution < 1.29 is 31.1 Å². The summed E-state index contributed by atoms with van der Waals surface area (Å²) in [4.78, 5) is 11.4. The molecule has 0 atom stereocenters. The molecule has 21 heavy (non-hydrogen) atoms. The van der Waals surface area contributed by atoms with Crippen LogP contribution in [0.25, 0.3) is 0 Å². The van der Waals surface area contributed by atoms with Crippen molar-refractivity contribution in [2.75, 3.05) is 6.61 Å². The van der Waals surface area contributed by atoms with E-state index in [9.17, 15) is 26.4 Å². The lowest BCUT2D eigenvalue weighted by atomic mass is 10.2. The quantitative estimate of drug-likeness (QED) is 0.819. The highest BCUT2D eigenvalue weighted by Gasteiger charge is 2.37. The topological polar surface area (TPSA) is 84.5 Å². The van der Waals surface area contributed by atoms with Gasteiger partial charge in [-0.05, 0) is 25.1 Å². The molecule has 0 fully saturated rings. The summed E-state index contributed by atoms with van der Waals surface area (Å²) in [6, 6.07) is 2.14. The number of amides is 1. The number of nitrogens with one attached hydrogen (secondary N) is 2. The SMILES string of the molecule is CCOC(=O)NNS(=O)(=O)c1ccc(Cl)cc1C(F)(F)F. The van der Waals surface area contributed by atoms with Crippen LogP contribution in [0.2, 0.25) is 5.02 Å². The van der Waals surface area contributed by atoms with Crippen LogP contribution in [0.3, 0.4) is 0 Å². The average molecular weight is 347 g/mol. The molecule has 0 saturated heterocycles. The van der Waals surface area contributed by atoms with E-state index in [0.29, 0.717) is 12.1 Å². The summed E-state index contributed by atoms with van der Waals surface area (Å²) in [5, 5.41) is -0.278. The summed E-state index contributed by atoms with van der Waals surface area (Å²) in [6.07, 6.45) is -6.08. The molecule has 0 aliphatic heterocycles. The molecule has 0 bridgehead atoms. The first-order chi connectivity index (χ1) is 9.58. The van der Waals surface area contributed by atoms with Gasteiger partial charge in [0.1, 0.15) is 0 Å². The lowest BCUT2D eigenvalue weighted by molar-refractivity contribution is -0.139. The number of rotatable bonds is 4. The molecule has 1 aromatic carbocycles. The van der Waals surface area contributed by atoms with Crippen LogP contribution in [0.5, 0.6) is 0 Å². The van der Waals surface area contributed by atoms with Crippen molar-refractivity contribution in [1.82, 2.24) is 10.3 Å². The van der Waals surface area contributed by atoms with Gasteiger partial charge in [0, 0.05) is 5.02 Å². The van der Waals surface area contributed by atoms with Crippen LogP contribution in [-0.2, 0) is 20.9 Å². The van der Waals surface area contributed by atoms with Crippen LogP contribution in [0, 0.1) is 0 Å². The van der Waals surface area contributed by atoms with Crippen molar-refractivity contribution in [3.8, 4) is 0 Å². The largest absolute Gasteiger partial charge is 0.449 e. The Balaban J connectivity index is 3.12. The molecule has 0 heterocycles. The van der Waals surface area contributed by atoms with Crippen molar-refractivity contribution in [3.05, 3.63) is 28.8 Å². The molecule has 0 unspecified atom stereocenters. The van der Waals surface area contributed by atoms with Crippen LogP contribution in [0.4, 0.5) is 18.0 Å². The predicted molar refractivity (Wildman–Crippen MR) is 66.9 cm³/mol. The molecule has 11 heteroatoms. The van der Waals surface area contributed by atoms with Gasteiger partial charge in [0.2, 0.25) is 0 Å². The van der Waals surface area contributed by atoms with Crippen LogP contribution in [0.15, 0.2) is 23.1 Å². The number of alkyl halides is 3. The second-order valence-electron chi connectivity index (χ2n) is 3.59. The first-order valence-corrected chi connectivity index (χ1v) is 7.25. The number of hydrogen-bond donors (Lipinski definition) is 2. The van der Waals surface area contributed by atoms with Crippen LogP contribution < -0.4 is 10.3 Å². The monoisotopic (exact) mass is 346 g/mol. The lowest BCUT2D eigenvalue weighted by Crippen LogP contribution is -2.42. The maximum Gasteiger partial charge on any atom is 0.422 e. The Hall–Kier alpha value is -1.52. The normalized spacial score (nSPS) is 12.0. The third kappa shape index (κ3) is 4.76. The number of halogens is 4. The molecule has 0 aliphatic carbocycles. The van der Waals surface area contributed by atoms with E-state index in [4.69, 9.17) is 11.6 Å². The Morgan fingerprint density at radius 1 is 1.38 bits per heavy atom. The first kappa shape index (κ1) is 17.5. The molecule has 0 spiro atoms. The Labute approximate surface area is 123 Å². The molecule has 0 aliphatic rings. The zero-order chi connectivity index (χ0) is 16.3. The van der Waals surface area contributed by atoms with Crippen molar-refractivity contribution in [3.63, 3.8) is 0 Å². The van der Waals surface area contributed by atoms with E-state index in [-0.39, 0.29) is 11.6 Å². The highest BCUT2D eigenvalue weighted by molar-refractivity contribution is 7.89. The van der Waals surface area contributed by atoms with Gasteiger partial charge in [0.05, 0.1) is 17.1 Å². The smallest absolute Gasteiger partial charge is 0.422 e. The highest BCUT2D eigenvalue weighted by atomic mass is 35.5. The van der Waals surface area contributed by atoms with Gasteiger partial charge in [-0.3, -0.25) is 0 Å². The van der Waals surface area contributed by atoms with E-state index in [1.54, 1.807) is 5.43 Å². The van der Waals surface area contributed by atoms with E-state index < -0.39 is 32.8 Å². The first-order valence-electron chi connectivity index (χ1n) is 5.39. The van der Waals surface area contributed by atoms with Crippen LogP contribution in [0.1, 0.15) is 12.5 Å². The molecule has 6 nitrogen and oxygen atoms in total. The fraction of sp³-hybridized carbons (Fsp3) is 0.300. The van der Waals surface area contributed by atoms with Gasteiger partial charge in [-0.15, -0.1) is 4.83 Å². The molecule has 1 rings (SSSR count). The minimum Gasteiger partial charge on any atom is -0.449 e. The predicted octanol–water partition coefficient (Wildman–Crippen LogP) is 2.30. The van der Waals surface area contributed by atoms with Gasteiger partial charge in [-0.25, -0.2) is 18.6 Å². The molecule has 2 N–H and O–H groups in total. The van der Waals surface area contributed by atoms with E-state index in [2.05, 4.69) is 4.74 Å².